The van der Waals surface area contributed by atoms with Crippen molar-refractivity contribution in [3.05, 3.63) is 59.4 Å². The molecule has 2 rings (SSSR count). The summed E-state index contributed by atoms with van der Waals surface area (Å²) in [5.74, 6) is 0.886. The Morgan fingerprint density at radius 2 is 1.60 bits per heavy atom. The maximum Gasteiger partial charge on any atom is 0.136 e. The smallest absolute Gasteiger partial charge is 0.136 e. The number of para-hydroxylation sites is 1. The Hall–Kier alpha value is -1.87. The van der Waals surface area contributed by atoms with Gasteiger partial charge < -0.3 is 9.84 Å². The molecule has 0 aliphatic rings. The van der Waals surface area contributed by atoms with Gasteiger partial charge in [0.2, 0.25) is 0 Å². The zero-order valence-electron chi connectivity index (χ0n) is 11.9. The van der Waals surface area contributed by atoms with E-state index in [4.69, 9.17) is 4.74 Å². The Balaban J connectivity index is 2.43. The molecule has 0 unspecified atom stereocenters. The highest BCUT2D eigenvalue weighted by molar-refractivity contribution is 5.43. The van der Waals surface area contributed by atoms with Gasteiger partial charge in [0.05, 0.1) is 11.7 Å². The SMILES string of the molecule is CC(C)c1ccccc1Oc1cccc(F)c1[C@H](C)O. The van der Waals surface area contributed by atoms with Crippen LogP contribution in [0.15, 0.2) is 42.5 Å². The highest BCUT2D eigenvalue weighted by Crippen LogP contribution is 2.35. The van der Waals surface area contributed by atoms with Crippen LogP contribution in [0.2, 0.25) is 0 Å². The summed E-state index contributed by atoms with van der Waals surface area (Å²) in [6, 6.07) is 12.2. The third-order valence-corrected chi connectivity index (χ3v) is 3.19. The lowest BCUT2D eigenvalue weighted by Gasteiger charge is -2.17. The average Bonchev–Trinajstić information content (AvgIpc) is 2.38. The van der Waals surface area contributed by atoms with E-state index in [1.54, 1.807) is 12.1 Å². The quantitative estimate of drug-likeness (QED) is 0.868. The summed E-state index contributed by atoms with van der Waals surface area (Å²) < 4.78 is 19.7. The molecule has 0 fully saturated rings. The van der Waals surface area contributed by atoms with Gasteiger partial charge in [-0.05, 0) is 36.6 Å². The maximum atomic E-state index is 13.8. The van der Waals surface area contributed by atoms with Gasteiger partial charge >= 0.3 is 0 Å². The van der Waals surface area contributed by atoms with Gasteiger partial charge in [0, 0.05) is 0 Å². The second kappa shape index (κ2) is 6.06. The van der Waals surface area contributed by atoms with Crippen LogP contribution in [0.5, 0.6) is 11.5 Å². The van der Waals surface area contributed by atoms with Gasteiger partial charge in [-0.1, -0.05) is 38.1 Å². The van der Waals surface area contributed by atoms with E-state index in [1.807, 2.05) is 24.3 Å². The van der Waals surface area contributed by atoms with Crippen LogP contribution >= 0.6 is 0 Å². The highest BCUT2D eigenvalue weighted by Gasteiger charge is 2.16. The van der Waals surface area contributed by atoms with E-state index in [0.29, 0.717) is 17.4 Å². The molecule has 106 valence electrons. The molecule has 0 radical (unpaired) electrons. The minimum absolute atomic E-state index is 0.186. The molecule has 0 aromatic heterocycles. The summed E-state index contributed by atoms with van der Waals surface area (Å²) in [4.78, 5) is 0. The van der Waals surface area contributed by atoms with E-state index < -0.39 is 11.9 Å². The van der Waals surface area contributed by atoms with Gasteiger partial charge in [-0.2, -0.15) is 0 Å². The third-order valence-electron chi connectivity index (χ3n) is 3.19. The zero-order valence-corrected chi connectivity index (χ0v) is 11.9. The van der Waals surface area contributed by atoms with Crippen LogP contribution in [0.4, 0.5) is 4.39 Å². The molecule has 0 aliphatic carbocycles. The van der Waals surface area contributed by atoms with Crippen molar-refractivity contribution in [1.82, 2.24) is 0 Å². The van der Waals surface area contributed by atoms with Crippen molar-refractivity contribution in [2.24, 2.45) is 0 Å². The lowest BCUT2D eigenvalue weighted by Crippen LogP contribution is -2.01. The molecule has 2 aromatic rings. The monoisotopic (exact) mass is 274 g/mol. The summed E-state index contributed by atoms with van der Waals surface area (Å²) in [5, 5.41) is 9.72. The zero-order chi connectivity index (χ0) is 14.7. The standard InChI is InChI=1S/C17H19FO2/c1-11(2)13-7-4-5-9-15(13)20-16-10-6-8-14(18)17(16)12(3)19/h4-12,19H,1-3H3/t12-/m0/s1. The lowest BCUT2D eigenvalue weighted by atomic mass is 10.0. The number of hydrogen-bond donors (Lipinski definition) is 1. The van der Waals surface area contributed by atoms with Crippen molar-refractivity contribution in [3.63, 3.8) is 0 Å². The average molecular weight is 274 g/mol. The van der Waals surface area contributed by atoms with Crippen LogP contribution in [0.3, 0.4) is 0 Å². The van der Waals surface area contributed by atoms with Crippen molar-refractivity contribution in [1.29, 1.82) is 0 Å². The first-order valence-electron chi connectivity index (χ1n) is 6.74. The molecule has 1 N–H and O–H groups in total. The van der Waals surface area contributed by atoms with Crippen LogP contribution in [-0.4, -0.2) is 5.11 Å². The topological polar surface area (TPSA) is 29.5 Å². The van der Waals surface area contributed by atoms with E-state index in [9.17, 15) is 9.50 Å². The molecule has 2 nitrogen and oxygen atoms in total. The van der Waals surface area contributed by atoms with Crippen LogP contribution in [0.1, 0.15) is 43.9 Å². The van der Waals surface area contributed by atoms with Crippen LogP contribution < -0.4 is 4.74 Å². The normalized spacial score (nSPS) is 12.5. The summed E-state index contributed by atoms with van der Waals surface area (Å²) in [5.41, 5.74) is 1.24. The Morgan fingerprint density at radius 3 is 2.25 bits per heavy atom. The van der Waals surface area contributed by atoms with Crippen molar-refractivity contribution in [2.75, 3.05) is 0 Å². The molecule has 2 aromatic carbocycles. The number of halogens is 1. The number of aliphatic hydroxyl groups is 1. The van der Waals surface area contributed by atoms with E-state index in [-0.39, 0.29) is 5.56 Å². The van der Waals surface area contributed by atoms with E-state index in [2.05, 4.69) is 13.8 Å². The molecule has 0 bridgehead atoms. The highest BCUT2D eigenvalue weighted by atomic mass is 19.1. The molecule has 0 heterocycles. The maximum absolute atomic E-state index is 13.8. The number of rotatable bonds is 4. The van der Waals surface area contributed by atoms with Crippen LogP contribution in [-0.2, 0) is 0 Å². The first kappa shape index (κ1) is 14.5. The fraction of sp³-hybridized carbons (Fsp3) is 0.294. The summed E-state index contributed by atoms with van der Waals surface area (Å²) >= 11 is 0. The predicted octanol–water partition coefficient (Wildman–Crippen LogP) is 4.79. The van der Waals surface area contributed by atoms with Gasteiger partial charge in [-0.15, -0.1) is 0 Å². The van der Waals surface area contributed by atoms with Crippen LogP contribution in [0, 0.1) is 5.82 Å². The number of aliphatic hydroxyl groups excluding tert-OH is 1. The molecule has 20 heavy (non-hydrogen) atoms. The van der Waals surface area contributed by atoms with Crippen molar-refractivity contribution in [3.8, 4) is 11.5 Å². The predicted molar refractivity (Wildman–Crippen MR) is 77.6 cm³/mol. The van der Waals surface area contributed by atoms with Gasteiger partial charge in [0.1, 0.15) is 17.3 Å². The molecule has 0 aliphatic heterocycles. The summed E-state index contributed by atoms with van der Waals surface area (Å²) in [7, 11) is 0. The number of benzene rings is 2. The second-order valence-electron chi connectivity index (χ2n) is 5.12. The Labute approximate surface area is 118 Å². The van der Waals surface area contributed by atoms with Crippen molar-refractivity contribution in [2.45, 2.75) is 32.8 Å². The second-order valence-corrected chi connectivity index (χ2v) is 5.12. The number of hydrogen-bond acceptors (Lipinski definition) is 2. The largest absolute Gasteiger partial charge is 0.457 e. The Bertz CT molecular complexity index is 591. The Morgan fingerprint density at radius 1 is 0.950 bits per heavy atom. The van der Waals surface area contributed by atoms with E-state index in [0.717, 1.165) is 5.56 Å². The molecule has 0 spiro atoms. The molecule has 3 heteroatoms. The first-order valence-corrected chi connectivity index (χ1v) is 6.74. The minimum atomic E-state index is -0.919. The Kier molecular flexibility index (Phi) is 4.40. The summed E-state index contributed by atoms with van der Waals surface area (Å²) in [6.45, 7) is 5.67. The first-order chi connectivity index (χ1) is 9.50. The summed E-state index contributed by atoms with van der Waals surface area (Å²) in [6.07, 6.45) is -0.919. The third kappa shape index (κ3) is 2.99. The van der Waals surface area contributed by atoms with E-state index in [1.165, 1.54) is 13.0 Å². The fourth-order valence-corrected chi connectivity index (χ4v) is 2.18. The number of ether oxygens (including phenoxy) is 1. The van der Waals surface area contributed by atoms with Crippen LogP contribution in [0.25, 0.3) is 0 Å². The van der Waals surface area contributed by atoms with E-state index >= 15 is 0 Å². The van der Waals surface area contributed by atoms with Gasteiger partial charge in [0.15, 0.2) is 0 Å². The molecule has 0 saturated carbocycles. The minimum Gasteiger partial charge on any atom is -0.457 e. The fourth-order valence-electron chi connectivity index (χ4n) is 2.18. The molecule has 0 amide bonds. The molecular formula is C17H19FO2. The molecule has 1 atom stereocenters. The lowest BCUT2D eigenvalue weighted by molar-refractivity contribution is 0.190. The van der Waals surface area contributed by atoms with Gasteiger partial charge in [-0.3, -0.25) is 0 Å². The molecule has 0 saturated heterocycles. The van der Waals surface area contributed by atoms with Crippen molar-refractivity contribution >= 4 is 0 Å². The van der Waals surface area contributed by atoms with Gasteiger partial charge in [-0.25, -0.2) is 4.39 Å². The van der Waals surface area contributed by atoms with Crippen molar-refractivity contribution < 1.29 is 14.2 Å². The molecular weight excluding hydrogens is 255 g/mol. The van der Waals surface area contributed by atoms with Gasteiger partial charge in [0.25, 0.3) is 0 Å².